The SMILES string of the molecule is Cn1c(=O)c2[nH]c(C3CCN(S(=O)(=O)c4ccc([N+](=O)[O-])cc4)CC3)nc2n(C)c1=O. The smallest absolute Gasteiger partial charge is 0.332 e. The molecule has 31 heavy (non-hydrogen) atoms. The first-order valence-electron chi connectivity index (χ1n) is 9.51. The molecule has 1 aliphatic rings. The van der Waals surface area contributed by atoms with Crippen LogP contribution in [0.1, 0.15) is 24.6 Å². The molecule has 1 saturated heterocycles. The summed E-state index contributed by atoms with van der Waals surface area (Å²) in [4.78, 5) is 42.1. The molecular formula is C18H20N6O6S. The highest BCUT2D eigenvalue weighted by Crippen LogP contribution is 2.30. The molecule has 0 bridgehead atoms. The second-order valence-corrected chi connectivity index (χ2v) is 9.39. The van der Waals surface area contributed by atoms with Gasteiger partial charge in [0.2, 0.25) is 10.0 Å². The number of imidazole rings is 1. The number of aryl methyl sites for hydroxylation is 1. The van der Waals surface area contributed by atoms with Crippen LogP contribution in [0.4, 0.5) is 5.69 Å². The Morgan fingerprint density at radius 2 is 1.71 bits per heavy atom. The highest BCUT2D eigenvalue weighted by molar-refractivity contribution is 7.89. The Morgan fingerprint density at radius 1 is 1.10 bits per heavy atom. The predicted molar refractivity (Wildman–Crippen MR) is 110 cm³/mol. The van der Waals surface area contributed by atoms with Gasteiger partial charge in [0.15, 0.2) is 5.65 Å². The second-order valence-electron chi connectivity index (χ2n) is 7.46. The summed E-state index contributed by atoms with van der Waals surface area (Å²) in [6.45, 7) is 0.468. The Labute approximate surface area is 176 Å². The summed E-state index contributed by atoms with van der Waals surface area (Å²) in [5, 5.41) is 10.8. The average Bonchev–Trinajstić information content (AvgIpc) is 3.22. The summed E-state index contributed by atoms with van der Waals surface area (Å²) < 4.78 is 29.4. The molecule has 0 atom stereocenters. The lowest BCUT2D eigenvalue weighted by Crippen LogP contribution is -2.38. The molecule has 3 aromatic rings. The molecule has 0 unspecified atom stereocenters. The maximum Gasteiger partial charge on any atom is 0.332 e. The Hall–Kier alpha value is -3.32. The molecule has 2 aromatic heterocycles. The van der Waals surface area contributed by atoms with Crippen molar-refractivity contribution in [3.05, 3.63) is 61.0 Å². The molecular weight excluding hydrogens is 428 g/mol. The number of aromatic nitrogens is 4. The van der Waals surface area contributed by atoms with Gasteiger partial charge in [0, 0.05) is 45.2 Å². The normalized spacial score (nSPS) is 16.1. The minimum absolute atomic E-state index is 0.00113. The number of H-pyrrole nitrogens is 1. The highest BCUT2D eigenvalue weighted by Gasteiger charge is 2.31. The van der Waals surface area contributed by atoms with E-state index >= 15 is 0 Å². The third-order valence-electron chi connectivity index (χ3n) is 5.64. The summed E-state index contributed by atoms with van der Waals surface area (Å²) in [5.74, 6) is 0.441. The van der Waals surface area contributed by atoms with Crippen LogP contribution < -0.4 is 11.2 Å². The lowest BCUT2D eigenvalue weighted by molar-refractivity contribution is -0.384. The fourth-order valence-electron chi connectivity index (χ4n) is 3.80. The standard InChI is InChI=1S/C18H20N6O6S/c1-21-16-14(17(25)22(2)18(21)26)19-15(20-16)11-7-9-23(10-8-11)31(29,30)13-5-3-12(4-6-13)24(27)28/h3-6,11H,7-10H2,1-2H3,(H,19,20). The molecule has 4 rings (SSSR count). The van der Waals surface area contributed by atoms with Crippen molar-refractivity contribution in [3.8, 4) is 0 Å². The minimum Gasteiger partial charge on any atom is -0.336 e. The van der Waals surface area contributed by atoms with Crippen LogP contribution in [0.2, 0.25) is 0 Å². The van der Waals surface area contributed by atoms with Crippen molar-refractivity contribution < 1.29 is 13.3 Å². The Balaban J connectivity index is 1.55. The molecule has 0 amide bonds. The van der Waals surface area contributed by atoms with E-state index in [4.69, 9.17) is 0 Å². The quantitative estimate of drug-likeness (QED) is 0.449. The first-order chi connectivity index (χ1) is 14.6. The lowest BCUT2D eigenvalue weighted by atomic mass is 9.97. The van der Waals surface area contributed by atoms with E-state index in [1.54, 1.807) is 0 Å². The zero-order valence-corrected chi connectivity index (χ0v) is 17.6. The molecule has 0 aliphatic carbocycles. The molecule has 12 nitrogen and oxygen atoms in total. The number of non-ortho nitro benzene ring substituents is 1. The van der Waals surface area contributed by atoms with Gasteiger partial charge in [-0.3, -0.25) is 24.0 Å². The summed E-state index contributed by atoms with van der Waals surface area (Å²) in [7, 11) is -0.847. The van der Waals surface area contributed by atoms with E-state index < -0.39 is 26.2 Å². The first kappa shape index (κ1) is 20.9. The van der Waals surface area contributed by atoms with Crippen LogP contribution in [0.3, 0.4) is 0 Å². The fraction of sp³-hybridized carbons (Fsp3) is 0.389. The van der Waals surface area contributed by atoms with Crippen LogP contribution in [0.25, 0.3) is 11.2 Å². The summed E-state index contributed by atoms with van der Waals surface area (Å²) in [6.07, 6.45) is 0.945. The van der Waals surface area contributed by atoms with Crippen molar-refractivity contribution >= 4 is 26.9 Å². The largest absolute Gasteiger partial charge is 0.336 e. The van der Waals surface area contributed by atoms with Crippen LogP contribution in [0, 0.1) is 10.1 Å². The van der Waals surface area contributed by atoms with E-state index in [0.29, 0.717) is 18.7 Å². The summed E-state index contributed by atoms with van der Waals surface area (Å²) >= 11 is 0. The minimum atomic E-state index is -3.78. The molecule has 0 saturated carbocycles. The lowest BCUT2D eigenvalue weighted by Gasteiger charge is -2.30. The number of fused-ring (bicyclic) bond motifs is 1. The van der Waals surface area contributed by atoms with E-state index in [1.165, 1.54) is 47.2 Å². The van der Waals surface area contributed by atoms with Crippen molar-refractivity contribution in [1.29, 1.82) is 0 Å². The molecule has 1 aliphatic heterocycles. The number of piperidine rings is 1. The van der Waals surface area contributed by atoms with Crippen molar-refractivity contribution in [2.24, 2.45) is 14.1 Å². The number of nitrogens with zero attached hydrogens (tertiary/aromatic N) is 5. The molecule has 1 N–H and O–H groups in total. The number of nitrogens with one attached hydrogen (secondary N) is 1. The molecule has 1 aromatic carbocycles. The molecule has 1 fully saturated rings. The van der Waals surface area contributed by atoms with Gasteiger partial charge in [0.1, 0.15) is 11.3 Å². The molecule has 3 heterocycles. The third kappa shape index (κ3) is 3.45. The van der Waals surface area contributed by atoms with Crippen LogP contribution in [-0.4, -0.2) is 49.8 Å². The highest BCUT2D eigenvalue weighted by atomic mass is 32.2. The van der Waals surface area contributed by atoms with Crippen molar-refractivity contribution in [2.45, 2.75) is 23.7 Å². The first-order valence-corrected chi connectivity index (χ1v) is 11.0. The van der Waals surface area contributed by atoms with Gasteiger partial charge in [0.05, 0.1) is 9.82 Å². The van der Waals surface area contributed by atoms with E-state index in [1.807, 2.05) is 0 Å². The van der Waals surface area contributed by atoms with Gasteiger partial charge in [-0.25, -0.2) is 18.2 Å². The molecule has 0 spiro atoms. The Bertz CT molecular complexity index is 1390. The monoisotopic (exact) mass is 448 g/mol. The van der Waals surface area contributed by atoms with Crippen molar-refractivity contribution in [3.63, 3.8) is 0 Å². The number of aromatic amines is 1. The Morgan fingerprint density at radius 3 is 2.29 bits per heavy atom. The van der Waals surface area contributed by atoms with E-state index in [0.717, 1.165) is 4.57 Å². The van der Waals surface area contributed by atoms with Crippen LogP contribution in [0.15, 0.2) is 38.8 Å². The van der Waals surface area contributed by atoms with E-state index in [9.17, 15) is 28.1 Å². The fourth-order valence-corrected chi connectivity index (χ4v) is 5.27. The average molecular weight is 448 g/mol. The van der Waals surface area contributed by atoms with Gasteiger partial charge in [-0.1, -0.05) is 0 Å². The number of nitro benzene ring substituents is 1. The number of rotatable bonds is 4. The number of hydrogen-bond donors (Lipinski definition) is 1. The number of benzene rings is 1. The molecule has 13 heteroatoms. The van der Waals surface area contributed by atoms with E-state index in [-0.39, 0.29) is 40.8 Å². The topological polar surface area (TPSA) is 153 Å². The van der Waals surface area contributed by atoms with Gasteiger partial charge in [0.25, 0.3) is 11.2 Å². The second kappa shape index (κ2) is 7.42. The molecule has 0 radical (unpaired) electrons. The maximum absolute atomic E-state index is 12.9. The van der Waals surface area contributed by atoms with Crippen LogP contribution in [-0.2, 0) is 24.1 Å². The molecule has 164 valence electrons. The van der Waals surface area contributed by atoms with Gasteiger partial charge in [-0.05, 0) is 25.0 Å². The van der Waals surface area contributed by atoms with E-state index in [2.05, 4.69) is 9.97 Å². The zero-order chi connectivity index (χ0) is 22.5. The van der Waals surface area contributed by atoms with Gasteiger partial charge >= 0.3 is 5.69 Å². The van der Waals surface area contributed by atoms with Crippen LogP contribution >= 0.6 is 0 Å². The summed E-state index contributed by atoms with van der Waals surface area (Å²) in [6, 6.07) is 4.79. The van der Waals surface area contributed by atoms with Crippen molar-refractivity contribution in [1.82, 2.24) is 23.4 Å². The maximum atomic E-state index is 12.9. The predicted octanol–water partition coefficient (Wildman–Crippen LogP) is 0.437. The van der Waals surface area contributed by atoms with Gasteiger partial charge in [-0.2, -0.15) is 4.31 Å². The Kier molecular flexibility index (Phi) is 5.01. The number of sulfonamides is 1. The zero-order valence-electron chi connectivity index (χ0n) is 16.8. The van der Waals surface area contributed by atoms with Crippen molar-refractivity contribution in [2.75, 3.05) is 13.1 Å². The number of hydrogen-bond acceptors (Lipinski definition) is 7. The van der Waals surface area contributed by atoms with Gasteiger partial charge < -0.3 is 4.98 Å². The van der Waals surface area contributed by atoms with Crippen LogP contribution in [0.5, 0.6) is 0 Å². The third-order valence-corrected chi connectivity index (χ3v) is 7.55. The van der Waals surface area contributed by atoms with Gasteiger partial charge in [-0.15, -0.1) is 0 Å². The summed E-state index contributed by atoms with van der Waals surface area (Å²) in [5.41, 5.74) is -0.609. The number of nitro groups is 1.